The first kappa shape index (κ1) is 10.8. The second-order valence-corrected chi connectivity index (χ2v) is 3.50. The molecule has 4 nitrogen and oxygen atoms in total. The fraction of sp³-hybridized carbons (Fsp3) is 0.600. The molecular weight excluding hydrogens is 178 g/mol. The van der Waals surface area contributed by atoms with E-state index < -0.39 is 0 Å². The summed E-state index contributed by atoms with van der Waals surface area (Å²) in [7, 11) is 1.63. The maximum atomic E-state index is 11.5. The highest BCUT2D eigenvalue weighted by Gasteiger charge is 2.14. The molecule has 78 valence electrons. The van der Waals surface area contributed by atoms with Gasteiger partial charge in [0, 0.05) is 13.6 Å². The molecule has 4 heteroatoms. The Balaban J connectivity index is 3.08. The van der Waals surface area contributed by atoms with E-state index in [2.05, 4.69) is 24.3 Å². The van der Waals surface area contributed by atoms with Gasteiger partial charge < -0.3 is 5.32 Å². The van der Waals surface area contributed by atoms with Gasteiger partial charge in [-0.3, -0.25) is 9.48 Å². The van der Waals surface area contributed by atoms with E-state index in [1.165, 1.54) is 0 Å². The smallest absolute Gasteiger partial charge is 0.269 e. The van der Waals surface area contributed by atoms with Crippen LogP contribution in [0.3, 0.4) is 0 Å². The Labute approximate surface area is 84.3 Å². The van der Waals surface area contributed by atoms with E-state index in [0.29, 0.717) is 11.6 Å². The second-order valence-electron chi connectivity index (χ2n) is 3.50. The van der Waals surface area contributed by atoms with Gasteiger partial charge >= 0.3 is 0 Å². The number of nitrogens with zero attached hydrogens (tertiary/aromatic N) is 2. The van der Waals surface area contributed by atoms with E-state index in [0.717, 1.165) is 12.2 Å². The SMILES string of the molecule is CCn1nc(C(C)C)cc1C(=O)NC. The molecule has 0 saturated heterocycles. The average Bonchev–Trinajstić information content (AvgIpc) is 2.60. The van der Waals surface area contributed by atoms with Crippen LogP contribution in [0.5, 0.6) is 0 Å². The fourth-order valence-electron chi connectivity index (χ4n) is 1.27. The highest BCUT2D eigenvalue weighted by molar-refractivity contribution is 5.92. The van der Waals surface area contributed by atoms with Gasteiger partial charge in [0.2, 0.25) is 0 Å². The van der Waals surface area contributed by atoms with Crippen molar-refractivity contribution in [3.63, 3.8) is 0 Å². The van der Waals surface area contributed by atoms with Crippen molar-refractivity contribution in [3.05, 3.63) is 17.5 Å². The number of carbonyl (C=O) groups excluding carboxylic acids is 1. The van der Waals surface area contributed by atoms with Crippen LogP contribution in [-0.2, 0) is 6.54 Å². The summed E-state index contributed by atoms with van der Waals surface area (Å²) >= 11 is 0. The van der Waals surface area contributed by atoms with Crippen LogP contribution in [-0.4, -0.2) is 22.7 Å². The van der Waals surface area contributed by atoms with Crippen LogP contribution >= 0.6 is 0 Å². The van der Waals surface area contributed by atoms with Crippen LogP contribution in [0.1, 0.15) is 42.9 Å². The van der Waals surface area contributed by atoms with Crippen molar-refractivity contribution in [1.82, 2.24) is 15.1 Å². The molecule has 0 fully saturated rings. The number of hydrogen-bond acceptors (Lipinski definition) is 2. The van der Waals surface area contributed by atoms with Gasteiger partial charge in [-0.05, 0) is 18.9 Å². The number of aromatic nitrogens is 2. The lowest BCUT2D eigenvalue weighted by Gasteiger charge is -2.01. The monoisotopic (exact) mass is 195 g/mol. The molecule has 0 atom stereocenters. The van der Waals surface area contributed by atoms with Gasteiger partial charge in [-0.25, -0.2) is 0 Å². The van der Waals surface area contributed by atoms with E-state index >= 15 is 0 Å². The molecule has 1 amide bonds. The van der Waals surface area contributed by atoms with Gasteiger partial charge in [-0.2, -0.15) is 5.10 Å². The first-order valence-electron chi connectivity index (χ1n) is 4.90. The number of aryl methyl sites for hydroxylation is 1. The van der Waals surface area contributed by atoms with Gasteiger partial charge in [0.05, 0.1) is 5.69 Å². The number of rotatable bonds is 3. The molecule has 1 heterocycles. The lowest BCUT2D eigenvalue weighted by molar-refractivity contribution is 0.0952. The predicted molar refractivity (Wildman–Crippen MR) is 55.4 cm³/mol. The lowest BCUT2D eigenvalue weighted by atomic mass is 10.1. The maximum absolute atomic E-state index is 11.5. The summed E-state index contributed by atoms with van der Waals surface area (Å²) in [4.78, 5) is 11.5. The first-order valence-corrected chi connectivity index (χ1v) is 4.90. The number of nitrogens with one attached hydrogen (secondary N) is 1. The molecule has 0 saturated carbocycles. The topological polar surface area (TPSA) is 46.9 Å². The molecule has 1 rings (SSSR count). The fourth-order valence-corrected chi connectivity index (χ4v) is 1.27. The summed E-state index contributed by atoms with van der Waals surface area (Å²) in [6.45, 7) is 6.82. The summed E-state index contributed by atoms with van der Waals surface area (Å²) in [5.41, 5.74) is 1.60. The van der Waals surface area contributed by atoms with Crippen molar-refractivity contribution < 1.29 is 4.79 Å². The van der Waals surface area contributed by atoms with Crippen LogP contribution in [0, 0.1) is 0 Å². The van der Waals surface area contributed by atoms with Gasteiger partial charge in [-0.15, -0.1) is 0 Å². The number of hydrogen-bond donors (Lipinski definition) is 1. The molecule has 1 aromatic heterocycles. The van der Waals surface area contributed by atoms with Gasteiger partial charge in [-0.1, -0.05) is 13.8 Å². The minimum atomic E-state index is -0.0775. The van der Waals surface area contributed by atoms with Crippen LogP contribution < -0.4 is 5.32 Å². The molecule has 0 aromatic carbocycles. The molecule has 0 unspecified atom stereocenters. The highest BCUT2D eigenvalue weighted by atomic mass is 16.1. The van der Waals surface area contributed by atoms with E-state index in [4.69, 9.17) is 0 Å². The van der Waals surface area contributed by atoms with Crippen molar-refractivity contribution in [2.75, 3.05) is 7.05 Å². The molecule has 0 radical (unpaired) electrons. The lowest BCUT2D eigenvalue weighted by Crippen LogP contribution is -2.21. The van der Waals surface area contributed by atoms with E-state index in [1.807, 2.05) is 13.0 Å². The zero-order valence-electron chi connectivity index (χ0n) is 9.16. The maximum Gasteiger partial charge on any atom is 0.269 e. The Morgan fingerprint density at radius 1 is 1.64 bits per heavy atom. The minimum Gasteiger partial charge on any atom is -0.354 e. The zero-order valence-corrected chi connectivity index (χ0v) is 9.16. The van der Waals surface area contributed by atoms with E-state index in [9.17, 15) is 4.79 Å². The van der Waals surface area contributed by atoms with Gasteiger partial charge in [0.1, 0.15) is 5.69 Å². The Kier molecular flexibility index (Phi) is 3.28. The summed E-state index contributed by atoms with van der Waals surface area (Å²) in [6, 6.07) is 1.85. The Morgan fingerprint density at radius 2 is 2.29 bits per heavy atom. The summed E-state index contributed by atoms with van der Waals surface area (Å²) in [5.74, 6) is 0.275. The molecule has 0 aliphatic rings. The Bertz CT molecular complexity index is 328. The molecule has 0 bridgehead atoms. The van der Waals surface area contributed by atoms with Crippen molar-refractivity contribution >= 4 is 5.91 Å². The number of amides is 1. The van der Waals surface area contributed by atoms with Crippen LogP contribution in [0.4, 0.5) is 0 Å². The van der Waals surface area contributed by atoms with Crippen LogP contribution in [0.2, 0.25) is 0 Å². The average molecular weight is 195 g/mol. The third-order valence-corrected chi connectivity index (χ3v) is 2.15. The standard InChI is InChI=1S/C10H17N3O/c1-5-13-9(10(14)11-4)6-8(12-13)7(2)3/h6-7H,5H2,1-4H3,(H,11,14). The molecule has 0 aliphatic heterocycles. The molecular formula is C10H17N3O. The van der Waals surface area contributed by atoms with Crippen molar-refractivity contribution in [3.8, 4) is 0 Å². The van der Waals surface area contributed by atoms with Crippen LogP contribution in [0.15, 0.2) is 6.07 Å². The Morgan fingerprint density at radius 3 is 2.71 bits per heavy atom. The molecule has 0 aliphatic carbocycles. The normalized spacial score (nSPS) is 10.6. The quantitative estimate of drug-likeness (QED) is 0.792. The Hall–Kier alpha value is -1.32. The second kappa shape index (κ2) is 4.26. The molecule has 1 N–H and O–H groups in total. The largest absolute Gasteiger partial charge is 0.354 e. The summed E-state index contributed by atoms with van der Waals surface area (Å²) in [5, 5.41) is 6.96. The van der Waals surface area contributed by atoms with Crippen molar-refractivity contribution in [1.29, 1.82) is 0 Å². The molecule has 1 aromatic rings. The first-order chi connectivity index (χ1) is 6.60. The molecule has 14 heavy (non-hydrogen) atoms. The summed E-state index contributed by atoms with van der Waals surface area (Å²) in [6.07, 6.45) is 0. The highest BCUT2D eigenvalue weighted by Crippen LogP contribution is 2.14. The third-order valence-electron chi connectivity index (χ3n) is 2.15. The third kappa shape index (κ3) is 1.95. The van der Waals surface area contributed by atoms with Crippen molar-refractivity contribution in [2.45, 2.75) is 33.2 Å². The van der Waals surface area contributed by atoms with Gasteiger partial charge in [0.15, 0.2) is 0 Å². The minimum absolute atomic E-state index is 0.0775. The van der Waals surface area contributed by atoms with Gasteiger partial charge in [0.25, 0.3) is 5.91 Å². The predicted octanol–water partition coefficient (Wildman–Crippen LogP) is 1.39. The number of carbonyl (C=O) groups is 1. The van der Waals surface area contributed by atoms with Crippen LogP contribution in [0.25, 0.3) is 0 Å². The van der Waals surface area contributed by atoms with Crippen molar-refractivity contribution in [2.24, 2.45) is 0 Å². The molecule has 0 spiro atoms. The summed E-state index contributed by atoms with van der Waals surface area (Å²) < 4.78 is 1.73. The van der Waals surface area contributed by atoms with E-state index in [1.54, 1.807) is 11.7 Å². The zero-order chi connectivity index (χ0) is 10.7. The van der Waals surface area contributed by atoms with E-state index in [-0.39, 0.29) is 5.91 Å².